The molecule has 34 heavy (non-hydrogen) atoms. The van der Waals surface area contributed by atoms with Gasteiger partial charge in [0.1, 0.15) is 5.41 Å². The van der Waals surface area contributed by atoms with Crippen molar-refractivity contribution in [3.8, 4) is 11.1 Å². The first-order valence-corrected chi connectivity index (χ1v) is 11.3. The largest absolute Gasteiger partial charge is 0.351 e. The van der Waals surface area contributed by atoms with Crippen LogP contribution in [0.5, 0.6) is 0 Å². The molecule has 3 aromatic carbocycles. The van der Waals surface area contributed by atoms with Crippen LogP contribution >= 0.6 is 0 Å². The van der Waals surface area contributed by atoms with Gasteiger partial charge in [0, 0.05) is 16.0 Å². The molecular weight excluding hydrogens is 428 g/mol. The summed E-state index contributed by atoms with van der Waals surface area (Å²) in [6.45, 7) is 4.98. The number of nitro groups is 1. The first kappa shape index (κ1) is 23.4. The molecule has 0 saturated carbocycles. The monoisotopic (exact) mass is 456 g/mol. The Morgan fingerprint density at radius 2 is 1.56 bits per heavy atom. The number of fused-ring (bicyclic) bond motifs is 1. The maximum absolute atomic E-state index is 13.8. The molecule has 0 radical (unpaired) electrons. The van der Waals surface area contributed by atoms with Crippen LogP contribution in [0.4, 0.5) is 0 Å². The van der Waals surface area contributed by atoms with Gasteiger partial charge in [-0.1, -0.05) is 78.9 Å². The summed E-state index contributed by atoms with van der Waals surface area (Å²) in [6, 6.07) is 24.3. The van der Waals surface area contributed by atoms with Crippen LogP contribution in [-0.2, 0) is 11.2 Å². The van der Waals surface area contributed by atoms with E-state index in [2.05, 4.69) is 5.32 Å². The molecular formula is C28H28N2O4. The van der Waals surface area contributed by atoms with Crippen LogP contribution in [-0.4, -0.2) is 28.7 Å². The lowest BCUT2D eigenvalue weighted by atomic mass is 9.67. The standard InChI is InChI=1S/C28H28N2O4/c1-27(2,3)29-26(32)28(17-22-11-7-8-12-23(22)25(28)31)24(18-30(33)34)21-15-13-20(14-16-21)19-9-5-4-6-10-19/h4-16,24H,17-18H2,1-3H3,(H,29,32). The molecule has 6 heteroatoms. The number of carbonyl (C=O) groups excluding carboxylic acids is 2. The zero-order valence-corrected chi connectivity index (χ0v) is 19.6. The number of carbonyl (C=O) groups is 2. The molecule has 1 aliphatic rings. The molecule has 0 aliphatic heterocycles. The summed E-state index contributed by atoms with van der Waals surface area (Å²) >= 11 is 0. The molecule has 174 valence electrons. The van der Waals surface area contributed by atoms with Gasteiger partial charge < -0.3 is 5.32 Å². The van der Waals surface area contributed by atoms with E-state index in [0.717, 1.165) is 16.7 Å². The maximum atomic E-state index is 13.8. The van der Waals surface area contributed by atoms with Crippen molar-refractivity contribution in [1.29, 1.82) is 0 Å². The van der Waals surface area contributed by atoms with Gasteiger partial charge in [0.25, 0.3) is 0 Å². The Bertz CT molecular complexity index is 1230. The molecule has 0 fully saturated rings. The number of Topliss-reactive ketones (excluding diaryl/α,β-unsaturated/α-hetero) is 1. The number of amides is 1. The van der Waals surface area contributed by atoms with Crippen molar-refractivity contribution in [1.82, 2.24) is 5.32 Å². The van der Waals surface area contributed by atoms with Crippen LogP contribution in [0, 0.1) is 15.5 Å². The smallest absolute Gasteiger partial charge is 0.235 e. The first-order chi connectivity index (χ1) is 16.1. The average Bonchev–Trinajstić information content (AvgIpc) is 3.10. The van der Waals surface area contributed by atoms with Crippen LogP contribution in [0.15, 0.2) is 78.9 Å². The summed E-state index contributed by atoms with van der Waals surface area (Å²) in [6.07, 6.45) is 0.128. The number of nitrogens with zero attached hydrogens (tertiary/aromatic N) is 1. The molecule has 3 aromatic rings. The highest BCUT2D eigenvalue weighted by Crippen LogP contribution is 2.48. The highest BCUT2D eigenvalue weighted by atomic mass is 16.6. The number of ketones is 1. The normalized spacial score (nSPS) is 18.3. The Balaban J connectivity index is 1.84. The molecule has 0 heterocycles. The Morgan fingerprint density at radius 1 is 0.971 bits per heavy atom. The number of nitrogens with one attached hydrogen (secondary N) is 1. The van der Waals surface area contributed by atoms with E-state index in [-0.39, 0.29) is 12.2 Å². The third kappa shape index (κ3) is 4.36. The molecule has 0 spiro atoms. The second-order valence-corrected chi connectivity index (χ2v) is 9.89. The van der Waals surface area contributed by atoms with Gasteiger partial charge >= 0.3 is 0 Å². The quantitative estimate of drug-likeness (QED) is 0.319. The average molecular weight is 457 g/mol. The Kier molecular flexibility index (Phi) is 6.09. The minimum atomic E-state index is -1.60. The van der Waals surface area contributed by atoms with E-state index in [0.29, 0.717) is 11.1 Å². The topological polar surface area (TPSA) is 89.3 Å². The zero-order chi connectivity index (χ0) is 24.5. The SMILES string of the molecule is CC(C)(C)NC(=O)C1(C(C[N+](=O)[O-])c2ccc(-c3ccccc3)cc2)Cc2ccccc2C1=O. The van der Waals surface area contributed by atoms with Gasteiger partial charge in [-0.3, -0.25) is 19.7 Å². The van der Waals surface area contributed by atoms with E-state index in [9.17, 15) is 19.7 Å². The lowest BCUT2D eigenvalue weighted by Crippen LogP contribution is -2.55. The first-order valence-electron chi connectivity index (χ1n) is 11.3. The van der Waals surface area contributed by atoms with Crippen LogP contribution in [0.1, 0.15) is 48.2 Å². The second-order valence-electron chi connectivity index (χ2n) is 9.89. The van der Waals surface area contributed by atoms with Crippen molar-refractivity contribution in [2.75, 3.05) is 6.54 Å². The van der Waals surface area contributed by atoms with Crippen molar-refractivity contribution in [2.45, 2.75) is 38.6 Å². The number of hydrogen-bond acceptors (Lipinski definition) is 4. The van der Waals surface area contributed by atoms with Gasteiger partial charge in [-0.15, -0.1) is 0 Å². The van der Waals surface area contributed by atoms with Gasteiger partial charge in [0.2, 0.25) is 12.5 Å². The van der Waals surface area contributed by atoms with Crippen molar-refractivity contribution >= 4 is 11.7 Å². The maximum Gasteiger partial charge on any atom is 0.235 e. The van der Waals surface area contributed by atoms with E-state index in [1.807, 2.05) is 75.4 Å². The van der Waals surface area contributed by atoms with E-state index in [1.165, 1.54) is 0 Å². The summed E-state index contributed by atoms with van der Waals surface area (Å²) in [5.74, 6) is -1.75. The highest BCUT2D eigenvalue weighted by molar-refractivity contribution is 6.18. The zero-order valence-electron chi connectivity index (χ0n) is 19.6. The van der Waals surface area contributed by atoms with Gasteiger partial charge in [-0.2, -0.15) is 0 Å². The lowest BCUT2D eigenvalue weighted by molar-refractivity contribution is -0.485. The third-order valence-electron chi connectivity index (χ3n) is 6.38. The number of benzene rings is 3. The van der Waals surface area contributed by atoms with Crippen LogP contribution in [0.25, 0.3) is 11.1 Å². The van der Waals surface area contributed by atoms with E-state index >= 15 is 0 Å². The van der Waals surface area contributed by atoms with Crippen LogP contribution < -0.4 is 5.32 Å². The third-order valence-corrected chi connectivity index (χ3v) is 6.38. The Morgan fingerprint density at radius 3 is 2.15 bits per heavy atom. The van der Waals surface area contributed by atoms with E-state index in [4.69, 9.17) is 0 Å². The highest BCUT2D eigenvalue weighted by Gasteiger charge is 2.58. The fourth-order valence-electron chi connectivity index (χ4n) is 4.83. The summed E-state index contributed by atoms with van der Waals surface area (Å²) < 4.78 is 0. The van der Waals surface area contributed by atoms with Crippen LogP contribution in [0.2, 0.25) is 0 Å². The van der Waals surface area contributed by atoms with Crippen molar-refractivity contribution < 1.29 is 14.5 Å². The van der Waals surface area contributed by atoms with E-state index < -0.39 is 34.2 Å². The van der Waals surface area contributed by atoms with Crippen LogP contribution in [0.3, 0.4) is 0 Å². The summed E-state index contributed by atoms with van der Waals surface area (Å²) in [4.78, 5) is 39.0. The molecule has 2 atom stereocenters. The van der Waals surface area contributed by atoms with Gasteiger partial charge in [0.15, 0.2) is 5.78 Å². The van der Waals surface area contributed by atoms with Crippen molar-refractivity contribution in [3.05, 3.63) is 106 Å². The predicted molar refractivity (Wildman–Crippen MR) is 131 cm³/mol. The van der Waals surface area contributed by atoms with E-state index in [1.54, 1.807) is 24.3 Å². The minimum Gasteiger partial charge on any atom is -0.351 e. The van der Waals surface area contributed by atoms with Gasteiger partial charge in [-0.25, -0.2) is 0 Å². The Hall–Kier alpha value is -3.80. The summed E-state index contributed by atoms with van der Waals surface area (Å²) in [5.41, 5.74) is 1.57. The van der Waals surface area contributed by atoms with Gasteiger partial charge in [-0.05, 0) is 49.4 Å². The molecule has 2 unspecified atom stereocenters. The summed E-state index contributed by atoms with van der Waals surface area (Å²) in [5, 5.41) is 14.8. The molecule has 1 N–H and O–H groups in total. The Labute approximate surface area is 199 Å². The second kappa shape index (κ2) is 8.86. The fraction of sp³-hybridized carbons (Fsp3) is 0.286. The molecule has 1 amide bonds. The minimum absolute atomic E-state index is 0.128. The molecule has 6 nitrogen and oxygen atoms in total. The predicted octanol–water partition coefficient (Wildman–Crippen LogP) is 5.05. The lowest BCUT2D eigenvalue weighted by Gasteiger charge is -2.35. The molecule has 0 bridgehead atoms. The molecule has 0 saturated heterocycles. The molecule has 4 rings (SSSR count). The fourth-order valence-corrected chi connectivity index (χ4v) is 4.83. The molecule has 0 aromatic heterocycles. The van der Waals surface area contributed by atoms with Crippen molar-refractivity contribution in [3.63, 3.8) is 0 Å². The van der Waals surface area contributed by atoms with Crippen molar-refractivity contribution in [2.24, 2.45) is 5.41 Å². The molecule has 1 aliphatic carbocycles. The van der Waals surface area contributed by atoms with Gasteiger partial charge in [0.05, 0.1) is 5.92 Å². The number of hydrogen-bond donors (Lipinski definition) is 1. The summed E-state index contributed by atoms with van der Waals surface area (Å²) in [7, 11) is 0. The number of rotatable bonds is 6.